The number of hydrogen-bond donors (Lipinski definition) is 2. The number of hydrogen-bond acceptors (Lipinski definition) is 8. The fourth-order valence-electron chi connectivity index (χ4n) is 5.13. The van der Waals surface area contributed by atoms with Crippen LogP contribution in [0.4, 0.5) is 35.2 Å². The normalized spacial score (nSPS) is 13.2. The van der Waals surface area contributed by atoms with Crippen LogP contribution in [-0.2, 0) is 6.18 Å². The molecule has 2 amide bonds. The number of urea groups is 1. The Kier molecular flexibility index (Phi) is 7.40. The lowest BCUT2D eigenvalue weighted by Crippen LogP contribution is -2.21. The van der Waals surface area contributed by atoms with Crippen LogP contribution in [0.15, 0.2) is 91.8 Å². The molecule has 0 unspecified atom stereocenters. The number of nitrogens with one attached hydrogen (secondary N) is 2. The average molecular weight is 627 g/mol. The summed E-state index contributed by atoms with van der Waals surface area (Å²) in [6.45, 7) is 2.00. The summed E-state index contributed by atoms with van der Waals surface area (Å²) in [6.07, 6.45) is 7.09. The predicted molar refractivity (Wildman–Crippen MR) is 163 cm³/mol. The minimum absolute atomic E-state index is 0.0328. The third-order valence-electron chi connectivity index (χ3n) is 7.37. The molecule has 46 heavy (non-hydrogen) atoms. The van der Waals surface area contributed by atoms with Crippen LogP contribution < -0.4 is 20.3 Å². The van der Waals surface area contributed by atoms with Gasteiger partial charge in [-0.25, -0.2) is 28.9 Å². The number of alkyl halides is 3. The lowest BCUT2D eigenvalue weighted by atomic mass is 10.1. The second kappa shape index (κ2) is 11.8. The number of benzene rings is 2. The maximum Gasteiger partial charge on any atom is 0.416 e. The largest absolute Gasteiger partial charge is 0.424 e. The number of anilines is 3. The first kappa shape index (κ1) is 28.8. The van der Waals surface area contributed by atoms with Gasteiger partial charge in [-0.1, -0.05) is 12.1 Å². The van der Waals surface area contributed by atoms with Crippen LogP contribution >= 0.6 is 0 Å². The topological polar surface area (TPSA) is 127 Å². The average Bonchev–Trinajstić information content (AvgIpc) is 3.85. The number of carbonyl (C=O) groups excluding carboxylic acids is 1. The molecule has 2 N–H and O–H groups in total. The van der Waals surface area contributed by atoms with E-state index in [1.165, 1.54) is 29.3 Å². The van der Waals surface area contributed by atoms with Crippen molar-refractivity contribution in [1.82, 2.24) is 34.3 Å². The maximum absolute atomic E-state index is 13.3. The van der Waals surface area contributed by atoms with E-state index in [-0.39, 0.29) is 23.1 Å². The lowest BCUT2D eigenvalue weighted by Gasteiger charge is -2.16. The minimum atomic E-state index is -4.60. The van der Waals surface area contributed by atoms with Gasteiger partial charge in [0, 0.05) is 37.2 Å². The second-order valence-electron chi connectivity index (χ2n) is 10.4. The summed E-state index contributed by atoms with van der Waals surface area (Å²) in [4.78, 5) is 28.1. The van der Waals surface area contributed by atoms with Crippen molar-refractivity contribution < 1.29 is 22.7 Å². The van der Waals surface area contributed by atoms with E-state index in [4.69, 9.17) is 9.72 Å². The third-order valence-corrected chi connectivity index (χ3v) is 7.37. The van der Waals surface area contributed by atoms with Gasteiger partial charge in [0.25, 0.3) is 0 Å². The summed E-state index contributed by atoms with van der Waals surface area (Å²) in [7, 11) is 0. The van der Waals surface area contributed by atoms with E-state index in [9.17, 15) is 18.0 Å². The zero-order valence-corrected chi connectivity index (χ0v) is 24.0. The Balaban J connectivity index is 1.01. The molecule has 1 aliphatic heterocycles. The molecule has 0 bridgehead atoms. The Morgan fingerprint density at radius 2 is 1.67 bits per heavy atom. The lowest BCUT2D eigenvalue weighted by molar-refractivity contribution is -0.137. The summed E-state index contributed by atoms with van der Waals surface area (Å²) >= 11 is 0. The monoisotopic (exact) mass is 626 g/mol. The molecule has 0 aliphatic carbocycles. The SMILES string of the molecule is O=C(Nc1cnc(Oc2ccc(-c3cnn4ccc(N5CCCC5)nc34)cc2)nc1)Nc1cc(C(F)(F)F)ccc1-n1cccn1. The first-order chi connectivity index (χ1) is 22.3. The van der Waals surface area contributed by atoms with Crippen molar-refractivity contribution in [3.05, 3.63) is 97.3 Å². The zero-order chi connectivity index (χ0) is 31.7. The number of aromatic nitrogens is 7. The van der Waals surface area contributed by atoms with Crippen molar-refractivity contribution in [3.63, 3.8) is 0 Å². The fourth-order valence-corrected chi connectivity index (χ4v) is 5.13. The Hall–Kier alpha value is -5.99. The minimum Gasteiger partial charge on any atom is -0.424 e. The summed E-state index contributed by atoms with van der Waals surface area (Å²) in [5, 5.41) is 13.4. The molecular weight excluding hydrogens is 601 g/mol. The van der Waals surface area contributed by atoms with Crippen LogP contribution in [0.5, 0.6) is 11.8 Å². The van der Waals surface area contributed by atoms with Crippen LogP contribution in [0.25, 0.3) is 22.5 Å². The molecular formula is C31H25F3N10O2. The van der Waals surface area contributed by atoms with Crippen LogP contribution in [-0.4, -0.2) is 53.5 Å². The van der Waals surface area contributed by atoms with Gasteiger partial charge in [0.1, 0.15) is 11.6 Å². The molecule has 1 fully saturated rings. The summed E-state index contributed by atoms with van der Waals surface area (Å²) < 4.78 is 48.9. The van der Waals surface area contributed by atoms with E-state index < -0.39 is 17.8 Å². The molecule has 232 valence electrons. The Morgan fingerprint density at radius 3 is 2.39 bits per heavy atom. The van der Waals surface area contributed by atoms with Crippen molar-refractivity contribution in [2.24, 2.45) is 0 Å². The molecule has 15 heteroatoms. The molecule has 1 saturated heterocycles. The molecule has 0 atom stereocenters. The highest BCUT2D eigenvalue weighted by Crippen LogP contribution is 2.34. The third kappa shape index (κ3) is 6.02. The van der Waals surface area contributed by atoms with Gasteiger partial charge in [0.05, 0.1) is 41.2 Å². The highest BCUT2D eigenvalue weighted by atomic mass is 19.4. The molecule has 5 heterocycles. The number of ether oxygens (including phenoxy) is 1. The maximum atomic E-state index is 13.3. The highest BCUT2D eigenvalue weighted by molar-refractivity contribution is 6.00. The Morgan fingerprint density at radius 1 is 0.891 bits per heavy atom. The predicted octanol–water partition coefficient (Wildman–Crippen LogP) is 6.43. The van der Waals surface area contributed by atoms with Gasteiger partial charge in [0.2, 0.25) is 0 Å². The van der Waals surface area contributed by atoms with Gasteiger partial charge in [-0.15, -0.1) is 0 Å². The highest BCUT2D eigenvalue weighted by Gasteiger charge is 2.31. The van der Waals surface area contributed by atoms with Crippen molar-refractivity contribution >= 4 is 28.9 Å². The number of rotatable bonds is 7. The summed E-state index contributed by atoms with van der Waals surface area (Å²) in [6, 6.07) is 13.2. The number of nitrogens with zero attached hydrogens (tertiary/aromatic N) is 8. The van der Waals surface area contributed by atoms with E-state index in [0.29, 0.717) is 5.75 Å². The van der Waals surface area contributed by atoms with Crippen LogP contribution in [0.1, 0.15) is 18.4 Å². The molecule has 12 nitrogen and oxygen atoms in total. The van der Waals surface area contributed by atoms with E-state index in [0.717, 1.165) is 60.7 Å². The number of amides is 2. The van der Waals surface area contributed by atoms with E-state index >= 15 is 0 Å². The van der Waals surface area contributed by atoms with Gasteiger partial charge >= 0.3 is 18.2 Å². The Labute approximate surface area is 259 Å². The molecule has 0 radical (unpaired) electrons. The number of carbonyl (C=O) groups is 1. The first-order valence-corrected chi connectivity index (χ1v) is 14.3. The van der Waals surface area contributed by atoms with E-state index in [1.807, 2.05) is 24.4 Å². The number of fused-ring (bicyclic) bond motifs is 1. The molecule has 0 spiro atoms. The summed E-state index contributed by atoms with van der Waals surface area (Å²) in [5.74, 6) is 1.42. The van der Waals surface area contributed by atoms with Crippen molar-refractivity contribution in [2.45, 2.75) is 19.0 Å². The molecule has 6 aromatic rings. The first-order valence-electron chi connectivity index (χ1n) is 14.3. The van der Waals surface area contributed by atoms with Crippen LogP contribution in [0.3, 0.4) is 0 Å². The van der Waals surface area contributed by atoms with E-state index in [1.54, 1.807) is 35.1 Å². The van der Waals surface area contributed by atoms with Gasteiger partial charge < -0.3 is 20.3 Å². The fraction of sp³-hybridized carbons (Fsp3) is 0.161. The van der Waals surface area contributed by atoms with Gasteiger partial charge in [-0.05, 0) is 60.9 Å². The molecule has 0 saturated carbocycles. The molecule has 1 aliphatic rings. The molecule has 2 aromatic carbocycles. The number of halogens is 3. The smallest absolute Gasteiger partial charge is 0.416 e. The van der Waals surface area contributed by atoms with Crippen molar-refractivity contribution in [2.75, 3.05) is 28.6 Å². The van der Waals surface area contributed by atoms with Gasteiger partial charge in [-0.3, -0.25) is 0 Å². The van der Waals surface area contributed by atoms with Crippen molar-refractivity contribution in [3.8, 4) is 28.6 Å². The van der Waals surface area contributed by atoms with Gasteiger partial charge in [0.15, 0.2) is 5.65 Å². The quantitative estimate of drug-likeness (QED) is 0.208. The zero-order valence-electron chi connectivity index (χ0n) is 24.0. The van der Waals surface area contributed by atoms with E-state index in [2.05, 4.69) is 35.7 Å². The Bertz CT molecular complexity index is 1990. The summed E-state index contributed by atoms with van der Waals surface area (Å²) in [5.41, 5.74) is 2.01. The van der Waals surface area contributed by atoms with Gasteiger partial charge in [-0.2, -0.15) is 23.4 Å². The van der Waals surface area contributed by atoms with Crippen LogP contribution in [0, 0.1) is 0 Å². The van der Waals surface area contributed by atoms with Crippen LogP contribution in [0.2, 0.25) is 0 Å². The molecule has 7 rings (SSSR count). The molecule has 4 aromatic heterocycles. The standard InChI is InChI=1S/C31H25F3N10O2/c32-31(33,34)21-6-9-26(43-14-3-11-37-43)25(16-21)40-29(45)39-22-17-35-30(36-18-22)46-23-7-4-20(5-8-23)24-19-38-44-15-10-27(41-28(24)44)42-12-1-2-13-42/h3-11,14-19H,1-2,12-13H2,(H2,39,40,45). The second-order valence-corrected chi connectivity index (χ2v) is 10.4. The van der Waals surface area contributed by atoms with Crippen molar-refractivity contribution in [1.29, 1.82) is 0 Å².